The van der Waals surface area contributed by atoms with E-state index in [1.807, 2.05) is 26.8 Å². The van der Waals surface area contributed by atoms with Gasteiger partial charge < -0.3 is 15.4 Å². The van der Waals surface area contributed by atoms with Gasteiger partial charge in [0.15, 0.2) is 0 Å². The molecule has 1 atom stereocenters. The van der Waals surface area contributed by atoms with Crippen LogP contribution in [0.25, 0.3) is 11.1 Å². The topological polar surface area (TPSA) is 109 Å². The maximum atomic E-state index is 15.3. The molecule has 1 unspecified atom stereocenters. The number of ether oxygens (including phenoxy) is 1. The van der Waals surface area contributed by atoms with Crippen LogP contribution >= 0.6 is 0 Å². The number of carbonyl (C=O) groups excluding carboxylic acids is 2. The number of rotatable bonds is 12. The van der Waals surface area contributed by atoms with E-state index in [0.717, 1.165) is 18.2 Å². The van der Waals surface area contributed by atoms with Crippen LogP contribution in [-0.2, 0) is 26.9 Å². The van der Waals surface area contributed by atoms with Gasteiger partial charge in [-0.2, -0.15) is 23.5 Å². The summed E-state index contributed by atoms with van der Waals surface area (Å²) >= 11 is 0. The monoisotopic (exact) mass is 591 g/mol. The minimum atomic E-state index is -4.93. The SMILES string of the molecule is CC(C)(C)OCCC(CCNC=O)n1cc(-c2c(F)cc(NC(=O)Cc3cccc(C(F)(F)F)c3F)cc2C#N)cn1. The molecule has 8 nitrogen and oxygen atoms in total. The Morgan fingerprint density at radius 2 is 1.93 bits per heavy atom. The first-order valence-corrected chi connectivity index (χ1v) is 13.0. The number of carbonyl (C=O) groups is 2. The second-order valence-corrected chi connectivity index (χ2v) is 10.5. The first kappa shape index (κ1) is 32.2. The first-order chi connectivity index (χ1) is 19.7. The van der Waals surface area contributed by atoms with Gasteiger partial charge in [-0.05, 0) is 57.4 Å². The van der Waals surface area contributed by atoms with Crippen LogP contribution in [0.4, 0.5) is 27.6 Å². The molecule has 0 aliphatic carbocycles. The standard InChI is InChI=1S/C29H30F5N5O3/c1-28(2,3)42-10-8-22(7-9-36-17-40)39-16-20(15-37-39)26-19(14-35)11-21(13-24(26)30)38-25(41)12-18-5-4-6-23(27(18)31)29(32,33)34/h4-6,11,13,15-17,22H,7-10,12H2,1-3H3,(H,36,40)(H,38,41). The van der Waals surface area contributed by atoms with Crippen LogP contribution in [0.15, 0.2) is 42.7 Å². The number of nitriles is 1. The highest BCUT2D eigenvalue weighted by Crippen LogP contribution is 2.33. The van der Waals surface area contributed by atoms with Crippen molar-refractivity contribution >= 4 is 18.0 Å². The fraction of sp³-hybridized carbons (Fsp3) is 0.379. The number of anilines is 1. The number of hydrogen-bond acceptors (Lipinski definition) is 5. The number of alkyl halides is 3. The zero-order valence-electron chi connectivity index (χ0n) is 23.2. The van der Waals surface area contributed by atoms with Crippen LogP contribution in [0, 0.1) is 23.0 Å². The smallest absolute Gasteiger partial charge is 0.376 e. The van der Waals surface area contributed by atoms with E-state index in [2.05, 4.69) is 15.7 Å². The van der Waals surface area contributed by atoms with Gasteiger partial charge >= 0.3 is 6.18 Å². The quantitative estimate of drug-likeness (QED) is 0.158. The Morgan fingerprint density at radius 1 is 1.19 bits per heavy atom. The van der Waals surface area contributed by atoms with Crippen LogP contribution in [0.1, 0.15) is 56.3 Å². The lowest BCUT2D eigenvalue weighted by Crippen LogP contribution is -2.24. The van der Waals surface area contributed by atoms with Crippen LogP contribution in [0.5, 0.6) is 0 Å². The molecule has 0 saturated carbocycles. The number of nitrogens with zero attached hydrogens (tertiary/aromatic N) is 3. The molecular weight excluding hydrogens is 561 g/mol. The Morgan fingerprint density at radius 3 is 2.57 bits per heavy atom. The lowest BCUT2D eigenvalue weighted by atomic mass is 10.0. The molecule has 13 heteroatoms. The van der Waals surface area contributed by atoms with E-state index >= 15 is 4.39 Å². The molecule has 1 aromatic heterocycles. The molecule has 0 saturated heterocycles. The van der Waals surface area contributed by atoms with Gasteiger partial charge in [0, 0.05) is 36.2 Å². The third-order valence-electron chi connectivity index (χ3n) is 6.19. The third-order valence-corrected chi connectivity index (χ3v) is 6.19. The minimum absolute atomic E-state index is 0.0682. The molecule has 0 spiro atoms. The highest BCUT2D eigenvalue weighted by atomic mass is 19.4. The molecule has 42 heavy (non-hydrogen) atoms. The van der Waals surface area contributed by atoms with Crippen molar-refractivity contribution in [1.29, 1.82) is 5.26 Å². The maximum Gasteiger partial charge on any atom is 0.419 e. The Labute approximate surface area is 239 Å². The van der Waals surface area contributed by atoms with E-state index in [0.29, 0.717) is 38.5 Å². The lowest BCUT2D eigenvalue weighted by Gasteiger charge is -2.23. The summed E-state index contributed by atoms with van der Waals surface area (Å²) in [6.07, 6.45) is -1.08. The molecule has 2 N–H and O–H groups in total. The van der Waals surface area contributed by atoms with Gasteiger partial charge in [0.1, 0.15) is 11.6 Å². The van der Waals surface area contributed by atoms with Gasteiger partial charge in [0.25, 0.3) is 0 Å². The average molecular weight is 592 g/mol. The predicted octanol–water partition coefficient (Wildman–Crippen LogP) is 5.78. The van der Waals surface area contributed by atoms with Gasteiger partial charge in [-0.25, -0.2) is 8.78 Å². The van der Waals surface area contributed by atoms with E-state index in [1.54, 1.807) is 10.9 Å². The van der Waals surface area contributed by atoms with Gasteiger partial charge in [-0.1, -0.05) is 12.1 Å². The van der Waals surface area contributed by atoms with Crippen molar-refractivity contribution in [2.75, 3.05) is 18.5 Å². The van der Waals surface area contributed by atoms with Crippen LogP contribution in [-0.4, -0.2) is 40.9 Å². The number of benzene rings is 2. The Hall–Kier alpha value is -4.31. The van der Waals surface area contributed by atoms with E-state index < -0.39 is 41.3 Å². The number of halogens is 5. The Balaban J connectivity index is 1.81. The van der Waals surface area contributed by atoms with Crippen LogP contribution in [0.2, 0.25) is 0 Å². The van der Waals surface area contributed by atoms with Gasteiger partial charge in [0.05, 0.1) is 41.5 Å². The number of hydrogen-bond donors (Lipinski definition) is 2. The van der Waals surface area contributed by atoms with Crippen molar-refractivity contribution in [2.24, 2.45) is 0 Å². The van der Waals surface area contributed by atoms with Crippen molar-refractivity contribution in [3.63, 3.8) is 0 Å². The van der Waals surface area contributed by atoms with Crippen LogP contribution in [0.3, 0.4) is 0 Å². The molecule has 0 fully saturated rings. The molecular formula is C29H30F5N5O3. The normalized spacial score (nSPS) is 12.5. The van der Waals surface area contributed by atoms with Crippen molar-refractivity contribution < 1.29 is 36.3 Å². The molecule has 2 aromatic carbocycles. The zero-order valence-corrected chi connectivity index (χ0v) is 23.2. The molecule has 0 aliphatic heterocycles. The van der Waals surface area contributed by atoms with Crippen LogP contribution < -0.4 is 10.6 Å². The molecule has 2 amide bonds. The second kappa shape index (κ2) is 13.6. The van der Waals surface area contributed by atoms with Crippen molar-refractivity contribution in [1.82, 2.24) is 15.1 Å². The van der Waals surface area contributed by atoms with E-state index in [4.69, 9.17) is 4.74 Å². The van der Waals surface area contributed by atoms with E-state index in [9.17, 15) is 32.4 Å². The van der Waals surface area contributed by atoms with Crippen molar-refractivity contribution in [2.45, 2.75) is 57.9 Å². The summed E-state index contributed by atoms with van der Waals surface area (Å²) in [5.41, 5.74) is -2.39. The zero-order chi connectivity index (χ0) is 31.1. The van der Waals surface area contributed by atoms with Crippen molar-refractivity contribution in [3.05, 3.63) is 71.1 Å². The predicted molar refractivity (Wildman–Crippen MR) is 144 cm³/mol. The molecule has 3 aromatic rings. The lowest BCUT2D eigenvalue weighted by molar-refractivity contribution is -0.140. The summed E-state index contributed by atoms with van der Waals surface area (Å²) in [7, 11) is 0. The Bertz CT molecular complexity index is 1460. The van der Waals surface area contributed by atoms with Gasteiger partial charge in [0.2, 0.25) is 12.3 Å². The number of aromatic nitrogens is 2. The summed E-state index contributed by atoms with van der Waals surface area (Å²) in [6.45, 7) is 6.54. The average Bonchev–Trinajstić information content (AvgIpc) is 3.36. The molecule has 1 heterocycles. The summed E-state index contributed by atoms with van der Waals surface area (Å²) < 4.78 is 76.0. The summed E-state index contributed by atoms with van der Waals surface area (Å²) in [5.74, 6) is -3.33. The summed E-state index contributed by atoms with van der Waals surface area (Å²) in [6, 6.07) is 6.43. The molecule has 0 aliphatic rings. The highest BCUT2D eigenvalue weighted by molar-refractivity contribution is 5.93. The maximum absolute atomic E-state index is 15.3. The largest absolute Gasteiger partial charge is 0.419 e. The number of nitrogens with one attached hydrogen (secondary N) is 2. The molecule has 0 radical (unpaired) electrons. The van der Waals surface area contributed by atoms with Gasteiger partial charge in [-0.15, -0.1) is 0 Å². The summed E-state index contributed by atoms with van der Waals surface area (Å²) in [5, 5.41) is 19.0. The Kier molecular flexibility index (Phi) is 10.4. The third kappa shape index (κ3) is 8.59. The minimum Gasteiger partial charge on any atom is -0.376 e. The molecule has 3 rings (SSSR count). The fourth-order valence-electron chi connectivity index (χ4n) is 4.26. The summed E-state index contributed by atoms with van der Waals surface area (Å²) in [4.78, 5) is 23.2. The fourth-order valence-corrected chi connectivity index (χ4v) is 4.26. The van der Waals surface area contributed by atoms with Gasteiger partial charge in [-0.3, -0.25) is 14.3 Å². The van der Waals surface area contributed by atoms with Crippen molar-refractivity contribution in [3.8, 4) is 17.2 Å². The molecule has 224 valence electrons. The van der Waals surface area contributed by atoms with E-state index in [-0.39, 0.29) is 34.0 Å². The first-order valence-electron chi connectivity index (χ1n) is 13.0. The van der Waals surface area contributed by atoms with E-state index in [1.165, 1.54) is 12.3 Å². The second-order valence-electron chi connectivity index (χ2n) is 10.5. The molecule has 0 bridgehead atoms. The highest BCUT2D eigenvalue weighted by Gasteiger charge is 2.35. The number of amides is 2.